The standard InChI is InChI=1S/C18H39O6Si/c1-7-19-17(20-8-2,21-9-3)13-15-25-16-14-18(22-10-4,23-11-5)24-12-6/h25H,7-16H2,1-6H3. The van der Waals surface area contributed by atoms with E-state index in [9.17, 15) is 0 Å². The number of ether oxygens (including phenoxy) is 6. The zero-order valence-electron chi connectivity index (χ0n) is 17.1. The van der Waals surface area contributed by atoms with E-state index in [0.29, 0.717) is 39.6 Å². The van der Waals surface area contributed by atoms with Gasteiger partial charge in [-0.2, -0.15) is 0 Å². The molecule has 0 aromatic heterocycles. The average Bonchev–Trinajstić information content (AvgIpc) is 2.56. The lowest BCUT2D eigenvalue weighted by Gasteiger charge is -2.33. The van der Waals surface area contributed by atoms with Crippen LogP contribution in [0.2, 0.25) is 12.1 Å². The summed E-state index contributed by atoms with van der Waals surface area (Å²) in [6, 6.07) is 2.03. The Balaban J connectivity index is 4.49. The highest BCUT2D eigenvalue weighted by Gasteiger charge is 2.33. The molecule has 0 unspecified atom stereocenters. The minimum absolute atomic E-state index is 0.198. The van der Waals surface area contributed by atoms with Crippen LogP contribution < -0.4 is 0 Å². The molecule has 0 bridgehead atoms. The summed E-state index contributed by atoms with van der Waals surface area (Å²) in [5, 5.41) is 0. The summed E-state index contributed by atoms with van der Waals surface area (Å²) < 4.78 is 34.6. The van der Waals surface area contributed by atoms with Crippen LogP contribution >= 0.6 is 0 Å². The lowest BCUT2D eigenvalue weighted by atomic mass is 10.4. The number of hydrogen-bond donors (Lipinski definition) is 0. The Hall–Kier alpha value is -0.0231. The lowest BCUT2D eigenvalue weighted by molar-refractivity contribution is -0.378. The molecule has 0 N–H and O–H groups in total. The van der Waals surface area contributed by atoms with Crippen LogP contribution in [0.5, 0.6) is 0 Å². The SMILES string of the molecule is CCOC(CC[SiH]CCC(OCC)(OCC)OCC)(OCC)OCC. The van der Waals surface area contributed by atoms with Crippen LogP contribution in [0.1, 0.15) is 54.4 Å². The predicted octanol–water partition coefficient (Wildman–Crippen LogP) is 3.57. The zero-order chi connectivity index (χ0) is 19.0. The molecule has 7 heteroatoms. The molecule has 0 atom stereocenters. The molecule has 6 nitrogen and oxygen atoms in total. The van der Waals surface area contributed by atoms with Gasteiger partial charge in [-0.1, -0.05) is 12.1 Å². The van der Waals surface area contributed by atoms with Gasteiger partial charge in [0.25, 0.3) is 11.9 Å². The highest BCUT2D eigenvalue weighted by molar-refractivity contribution is 6.35. The highest BCUT2D eigenvalue weighted by atomic mass is 28.2. The summed E-state index contributed by atoms with van der Waals surface area (Å²) >= 11 is 0. The molecular weight excluding hydrogens is 340 g/mol. The summed E-state index contributed by atoms with van der Waals surface area (Å²) in [5.74, 6) is -1.80. The molecule has 0 aromatic rings. The smallest absolute Gasteiger partial charge is 0.282 e. The van der Waals surface area contributed by atoms with Crippen molar-refractivity contribution in [2.24, 2.45) is 0 Å². The van der Waals surface area contributed by atoms with Gasteiger partial charge in [-0.25, -0.2) is 0 Å². The van der Waals surface area contributed by atoms with E-state index in [2.05, 4.69) is 0 Å². The maximum Gasteiger partial charge on any atom is 0.282 e. The molecule has 25 heavy (non-hydrogen) atoms. The van der Waals surface area contributed by atoms with Crippen molar-refractivity contribution in [1.82, 2.24) is 0 Å². The van der Waals surface area contributed by atoms with Crippen molar-refractivity contribution in [2.45, 2.75) is 78.4 Å². The predicted molar refractivity (Wildman–Crippen MR) is 101 cm³/mol. The van der Waals surface area contributed by atoms with Crippen molar-refractivity contribution in [3.63, 3.8) is 0 Å². The molecule has 0 saturated heterocycles. The van der Waals surface area contributed by atoms with Crippen molar-refractivity contribution in [3.8, 4) is 0 Å². The van der Waals surface area contributed by atoms with Crippen molar-refractivity contribution in [1.29, 1.82) is 0 Å². The first-order valence-corrected chi connectivity index (χ1v) is 11.4. The molecule has 0 aliphatic carbocycles. The van der Waals surface area contributed by atoms with E-state index in [1.807, 2.05) is 41.5 Å². The van der Waals surface area contributed by atoms with Crippen LogP contribution in [0.3, 0.4) is 0 Å². The molecule has 0 aromatic carbocycles. The van der Waals surface area contributed by atoms with Crippen LogP contribution in [-0.4, -0.2) is 61.1 Å². The van der Waals surface area contributed by atoms with Crippen molar-refractivity contribution >= 4 is 9.52 Å². The van der Waals surface area contributed by atoms with Gasteiger partial charge >= 0.3 is 0 Å². The van der Waals surface area contributed by atoms with Gasteiger partial charge < -0.3 is 28.4 Å². The van der Waals surface area contributed by atoms with Crippen LogP contribution in [0.15, 0.2) is 0 Å². The second-order valence-electron chi connectivity index (χ2n) is 5.33. The average molecular weight is 380 g/mol. The first-order valence-electron chi connectivity index (χ1n) is 9.72. The lowest BCUT2D eigenvalue weighted by Crippen LogP contribution is -2.40. The quantitative estimate of drug-likeness (QED) is 0.206. The Morgan fingerprint density at radius 1 is 0.480 bits per heavy atom. The molecule has 0 heterocycles. The second-order valence-corrected chi connectivity index (χ2v) is 7.06. The van der Waals surface area contributed by atoms with Crippen LogP contribution in [-0.2, 0) is 28.4 Å². The van der Waals surface area contributed by atoms with E-state index in [0.717, 1.165) is 24.9 Å². The molecular formula is C18H39O6Si. The van der Waals surface area contributed by atoms with Gasteiger partial charge in [0.1, 0.15) is 0 Å². The molecule has 0 aliphatic heterocycles. The van der Waals surface area contributed by atoms with E-state index >= 15 is 0 Å². The molecule has 0 fully saturated rings. The minimum atomic E-state index is -0.901. The largest absolute Gasteiger partial charge is 0.328 e. The molecule has 0 spiro atoms. The highest BCUT2D eigenvalue weighted by Crippen LogP contribution is 2.25. The van der Waals surface area contributed by atoms with Gasteiger partial charge in [-0.05, 0) is 41.5 Å². The third kappa shape index (κ3) is 10.0. The summed E-state index contributed by atoms with van der Waals surface area (Å²) in [5.41, 5.74) is 0. The van der Waals surface area contributed by atoms with Gasteiger partial charge in [-0.3, -0.25) is 0 Å². The van der Waals surface area contributed by atoms with Crippen molar-refractivity contribution in [2.75, 3.05) is 39.6 Å². The molecule has 0 amide bonds. The third-order valence-electron chi connectivity index (χ3n) is 3.49. The third-order valence-corrected chi connectivity index (χ3v) is 4.89. The molecule has 1 radical (unpaired) electrons. The Labute approximate surface area is 156 Å². The van der Waals surface area contributed by atoms with Crippen LogP contribution in [0.4, 0.5) is 0 Å². The van der Waals surface area contributed by atoms with E-state index in [1.165, 1.54) is 0 Å². The van der Waals surface area contributed by atoms with Gasteiger partial charge in [0.15, 0.2) is 0 Å². The second kappa shape index (κ2) is 15.1. The normalized spacial score (nSPS) is 12.7. The van der Waals surface area contributed by atoms with Gasteiger partial charge in [0.05, 0.1) is 0 Å². The van der Waals surface area contributed by atoms with E-state index in [1.54, 1.807) is 0 Å². The first-order chi connectivity index (χ1) is 12.1. The van der Waals surface area contributed by atoms with Crippen molar-refractivity contribution < 1.29 is 28.4 Å². The maximum absolute atomic E-state index is 5.77. The van der Waals surface area contributed by atoms with Gasteiger partial charge in [0.2, 0.25) is 0 Å². The fourth-order valence-electron chi connectivity index (χ4n) is 2.70. The molecule has 0 aliphatic rings. The summed E-state index contributed by atoms with van der Waals surface area (Å²) in [6.07, 6.45) is 1.48. The molecule has 0 rings (SSSR count). The summed E-state index contributed by atoms with van der Waals surface area (Å²) in [7, 11) is 0.198. The molecule has 151 valence electrons. The monoisotopic (exact) mass is 379 g/mol. The fraction of sp³-hybridized carbons (Fsp3) is 1.00. The minimum Gasteiger partial charge on any atom is -0.328 e. The zero-order valence-corrected chi connectivity index (χ0v) is 18.3. The topological polar surface area (TPSA) is 55.4 Å². The summed E-state index contributed by atoms with van der Waals surface area (Å²) in [4.78, 5) is 0. The van der Waals surface area contributed by atoms with E-state index in [4.69, 9.17) is 28.4 Å². The van der Waals surface area contributed by atoms with Gasteiger partial charge in [0, 0.05) is 62.0 Å². The fourth-order valence-corrected chi connectivity index (χ4v) is 4.11. The molecule has 0 saturated carbocycles. The van der Waals surface area contributed by atoms with E-state index in [-0.39, 0.29) is 9.52 Å². The number of hydrogen-bond acceptors (Lipinski definition) is 6. The van der Waals surface area contributed by atoms with Gasteiger partial charge in [-0.15, -0.1) is 0 Å². The Kier molecular flexibility index (Phi) is 15.1. The number of rotatable bonds is 18. The maximum atomic E-state index is 5.77. The Morgan fingerprint density at radius 2 is 0.720 bits per heavy atom. The summed E-state index contributed by atoms with van der Waals surface area (Å²) in [6.45, 7) is 15.2. The van der Waals surface area contributed by atoms with Crippen LogP contribution in [0.25, 0.3) is 0 Å². The van der Waals surface area contributed by atoms with E-state index < -0.39 is 11.9 Å². The Morgan fingerprint density at radius 3 is 0.920 bits per heavy atom. The van der Waals surface area contributed by atoms with Crippen LogP contribution in [0, 0.1) is 0 Å². The Bertz CT molecular complexity index is 241. The van der Waals surface area contributed by atoms with Crippen molar-refractivity contribution in [3.05, 3.63) is 0 Å². The first kappa shape index (κ1) is 25.0.